The minimum absolute atomic E-state index is 0.0141. The van der Waals surface area contributed by atoms with Gasteiger partial charge in [-0.25, -0.2) is 9.59 Å². The first-order chi connectivity index (χ1) is 53.6. The molecule has 1 aromatic carbocycles. The molecule has 22 N–H and O–H groups in total. The van der Waals surface area contributed by atoms with Crippen LogP contribution in [-0.4, -0.2) is 267 Å². The third-order valence-electron chi connectivity index (χ3n) is 18.5. The summed E-state index contributed by atoms with van der Waals surface area (Å²) in [5, 5.41) is 78.4. The zero-order chi connectivity index (χ0) is 85.8. The lowest BCUT2D eigenvalue weighted by Gasteiger charge is -2.32. The quantitative estimate of drug-likeness (QED) is 0.0225. The van der Waals surface area contributed by atoms with E-state index in [1.807, 2.05) is 0 Å². The molecule has 1 aliphatic rings. The number of carboxylic acid groups (broad SMARTS) is 4. The number of nitrogens with zero attached hydrogens (tertiary/aromatic N) is 1. The minimum atomic E-state index is -2.78. The largest absolute Gasteiger partial charge is 0.481 e. The number of nitrogens with two attached hydrogens (primary N) is 2. The molecule has 0 radical (unpaired) electrons. The minimum Gasteiger partial charge on any atom is -0.481 e. The number of aromatic nitrogens is 1. The SMILES string of the molecule is CC[C@H](C)[C@@H]1NC(=O)[C@H](CCC(=O)O)NC(=O)[C@@H](C)NC(=O)CNC(=O)[C@H]([C@H](OC)C(=O)O)NC(=O)[C@@H](CCCCN)NC(=O)[C@H](CC(=O)O)NC(=O)[C@H](C)NC(=O)CN(C)C(=O)[C@@H](NC(=O)[C@@H](NC(=O)[C@@H](CCC(=O)O)NC(=O)[C@H](Cc2c[nH]c3ccccc23)NC(=O)CCCCCCCC(C)C)[C@H](O)C(N)=O)[C@H](C)OC1=O. The molecule has 0 bridgehead atoms. The molecule has 0 saturated carbocycles. The number of aliphatic hydroxyl groups excluding tert-OH is 1. The first-order valence-electron chi connectivity index (χ1n) is 37.3. The van der Waals surface area contributed by atoms with Gasteiger partial charge in [0.05, 0.1) is 19.5 Å². The molecule has 1 saturated heterocycles. The Labute approximate surface area is 656 Å². The molecule has 2 heterocycles. The molecule has 2 aromatic rings. The van der Waals surface area contributed by atoms with E-state index in [2.05, 4.69) is 82.6 Å². The van der Waals surface area contributed by atoms with Gasteiger partial charge in [0.1, 0.15) is 72.6 Å². The number of aliphatic hydroxyl groups is 1. The Balaban J connectivity index is 2.23. The fourth-order valence-corrected chi connectivity index (χ4v) is 11.7. The van der Waals surface area contributed by atoms with Gasteiger partial charge < -0.3 is 120 Å². The number of carboxylic acids is 4. The zero-order valence-corrected chi connectivity index (χ0v) is 65.2. The maximum absolute atomic E-state index is 15.0. The summed E-state index contributed by atoms with van der Waals surface area (Å²) < 4.78 is 10.7. The average molecular weight is 1620 g/mol. The predicted octanol–water partition coefficient (Wildman–Crippen LogP) is -4.69. The summed E-state index contributed by atoms with van der Waals surface area (Å²) in [5.74, 6) is -26.6. The van der Waals surface area contributed by atoms with Crippen molar-refractivity contribution in [3.05, 3.63) is 36.0 Å². The van der Waals surface area contributed by atoms with E-state index in [4.69, 9.17) is 20.9 Å². The van der Waals surface area contributed by atoms with Crippen LogP contribution in [0.4, 0.5) is 0 Å². The molecule has 42 nitrogen and oxygen atoms in total. The number of amides is 14. The topological polar surface area (TPSA) is 659 Å². The van der Waals surface area contributed by atoms with E-state index in [9.17, 15) is 117 Å². The maximum atomic E-state index is 15.0. The molecule has 42 heteroatoms. The van der Waals surface area contributed by atoms with E-state index in [-0.39, 0.29) is 45.1 Å². The van der Waals surface area contributed by atoms with Gasteiger partial charge in [-0.1, -0.05) is 84.4 Å². The first kappa shape index (κ1) is 96.8. The molecular formula is C72H110N16O26. The highest BCUT2D eigenvalue weighted by Crippen LogP contribution is 2.21. The molecule has 3 rings (SSSR count). The second-order valence-electron chi connectivity index (χ2n) is 28.2. The lowest BCUT2D eigenvalue weighted by atomic mass is 9.98. The van der Waals surface area contributed by atoms with E-state index in [1.54, 1.807) is 30.5 Å². The molecule has 1 fully saturated rings. The Morgan fingerprint density at radius 3 is 1.78 bits per heavy atom. The lowest BCUT2D eigenvalue weighted by Crippen LogP contribution is -2.64. The van der Waals surface area contributed by atoms with Gasteiger partial charge in [-0.15, -0.1) is 0 Å². The Kier molecular flexibility index (Phi) is 41.2. The number of carbonyl (C=O) groups excluding carboxylic acids is 15. The number of unbranched alkanes of at least 4 members (excludes halogenated alkanes) is 5. The van der Waals surface area contributed by atoms with Crippen LogP contribution in [-0.2, 0) is 107 Å². The number of primary amides is 1. The van der Waals surface area contributed by atoms with E-state index < -0.39 is 248 Å². The van der Waals surface area contributed by atoms with Gasteiger partial charge >= 0.3 is 29.8 Å². The summed E-state index contributed by atoms with van der Waals surface area (Å²) in [6, 6.07) is -14.7. The number of methoxy groups -OCH3 is 1. The first-order valence-corrected chi connectivity index (χ1v) is 37.3. The van der Waals surface area contributed by atoms with Crippen LogP contribution in [0.15, 0.2) is 30.5 Å². The van der Waals surface area contributed by atoms with Gasteiger partial charge in [0.2, 0.25) is 82.7 Å². The van der Waals surface area contributed by atoms with Crippen molar-refractivity contribution in [1.82, 2.24) is 73.7 Å². The van der Waals surface area contributed by atoms with Crippen molar-refractivity contribution in [3.63, 3.8) is 0 Å². The number of hydrogen-bond acceptors (Lipinski definition) is 23. The number of likely N-dealkylation sites (N-methyl/N-ethyl adjacent to an activating group) is 1. The predicted molar refractivity (Wildman–Crippen MR) is 400 cm³/mol. The van der Waals surface area contributed by atoms with Crippen LogP contribution in [0.1, 0.15) is 157 Å². The number of carbonyl (C=O) groups is 19. The molecular weight excluding hydrogens is 1500 g/mol. The fraction of sp³-hybridized carbons (Fsp3) is 0.625. The summed E-state index contributed by atoms with van der Waals surface area (Å²) in [5.41, 5.74) is 12.4. The van der Waals surface area contributed by atoms with Gasteiger partial charge in [0, 0.05) is 56.9 Å². The smallest absolute Gasteiger partial charge is 0.335 e. The van der Waals surface area contributed by atoms with Crippen molar-refractivity contribution in [2.24, 2.45) is 23.3 Å². The third kappa shape index (κ3) is 32.7. The number of nitrogens with one attached hydrogen (secondary N) is 13. The average Bonchev–Trinajstić information content (AvgIpc) is 1.57. The summed E-state index contributed by atoms with van der Waals surface area (Å²) in [6.07, 6.45) is -5.15. The Bertz CT molecular complexity index is 3740. The normalized spacial score (nSPS) is 22.1. The van der Waals surface area contributed by atoms with Crippen molar-refractivity contribution in [1.29, 1.82) is 0 Å². The summed E-state index contributed by atoms with van der Waals surface area (Å²) in [6.45, 7) is 8.07. The Morgan fingerprint density at radius 2 is 1.19 bits per heavy atom. The highest BCUT2D eigenvalue weighted by molar-refractivity contribution is 6.02. The number of hydrogen-bond donors (Lipinski definition) is 20. The van der Waals surface area contributed by atoms with Crippen molar-refractivity contribution < 1.29 is 126 Å². The van der Waals surface area contributed by atoms with Crippen molar-refractivity contribution in [2.45, 2.75) is 242 Å². The third-order valence-corrected chi connectivity index (χ3v) is 18.5. The van der Waals surface area contributed by atoms with Gasteiger partial charge in [0.15, 0.2) is 12.2 Å². The van der Waals surface area contributed by atoms with Crippen LogP contribution in [0, 0.1) is 11.8 Å². The Hall–Kier alpha value is -11.4. The number of para-hydroxylation sites is 1. The number of fused-ring (bicyclic) bond motifs is 1. The van der Waals surface area contributed by atoms with Crippen molar-refractivity contribution in [2.75, 3.05) is 33.8 Å². The summed E-state index contributed by atoms with van der Waals surface area (Å²) in [7, 11) is 1.76. The van der Waals surface area contributed by atoms with Gasteiger partial charge in [-0.2, -0.15) is 0 Å². The van der Waals surface area contributed by atoms with Crippen LogP contribution in [0.2, 0.25) is 0 Å². The van der Waals surface area contributed by atoms with Crippen LogP contribution >= 0.6 is 0 Å². The molecule has 15 atom stereocenters. The van der Waals surface area contributed by atoms with Gasteiger partial charge in [-0.05, 0) is 89.3 Å². The second-order valence-corrected chi connectivity index (χ2v) is 28.2. The second kappa shape index (κ2) is 48.5. The molecule has 0 aliphatic carbocycles. The zero-order valence-electron chi connectivity index (χ0n) is 65.2. The summed E-state index contributed by atoms with van der Waals surface area (Å²) >= 11 is 0. The molecule has 114 heavy (non-hydrogen) atoms. The monoisotopic (exact) mass is 1610 g/mol. The standard InChI is InChI=1S/C72H110N16O26/c1-10-36(4)54-72(112)114-39(7)55(85-69(108)56(58(98)60(74)99)86-65(104)45(26-28-52(94)95)82-66(105)46(30-40-32-75-42-22-17-16-21-41(40)42)79-48(89)24-15-13-11-12-14-20-35(2)3)70(109)88(8)34-50(91)78-38(6)62(101)83-47(31-53(96)97)67(106)81-43(23-18-19-29-73)63(102)87-57(59(113-9)71(110)111)68(107)76-33-49(90)77-37(5)61(100)80-44(64(103)84-54)25-27-51(92)93/h16-17,21-22,32,35-39,43-47,54-59,75,98H,10-15,18-20,23-31,33-34,73H2,1-9H3,(H2,74,99)(H,76,107)(H,77,90)(H,78,91)(H,79,89)(H,80,100)(H,81,106)(H,82,105)(H,83,101)(H,84,103)(H,85,108)(H,86,104)(H,87,102)(H,92,93)(H,94,95)(H,96,97)(H,110,111)/t36-,37+,38-,39-,43+,44-,45+,46-,47-,54-,55-,56-,57-,58-,59-/m0/s1. The highest BCUT2D eigenvalue weighted by atomic mass is 16.5. The van der Waals surface area contributed by atoms with E-state index in [0.717, 1.165) is 60.6 Å². The number of aromatic amines is 1. The highest BCUT2D eigenvalue weighted by Gasteiger charge is 2.43. The van der Waals surface area contributed by atoms with E-state index in [1.165, 1.54) is 13.8 Å². The molecule has 0 unspecified atom stereocenters. The molecule has 0 spiro atoms. The summed E-state index contributed by atoms with van der Waals surface area (Å²) in [4.78, 5) is 264. The number of H-pyrrole nitrogens is 1. The van der Waals surface area contributed by atoms with Gasteiger partial charge in [-0.3, -0.25) is 81.5 Å². The number of aliphatic carboxylic acids is 4. The van der Waals surface area contributed by atoms with Gasteiger partial charge in [0.25, 0.3) is 0 Å². The van der Waals surface area contributed by atoms with E-state index in [0.29, 0.717) is 40.1 Å². The molecule has 634 valence electrons. The van der Waals surface area contributed by atoms with Crippen molar-refractivity contribution in [3.8, 4) is 0 Å². The number of esters is 1. The molecule has 14 amide bonds. The fourth-order valence-electron chi connectivity index (χ4n) is 11.7. The Morgan fingerprint density at radius 1 is 0.623 bits per heavy atom. The van der Waals surface area contributed by atoms with E-state index >= 15 is 0 Å². The number of ether oxygens (including phenoxy) is 2. The number of benzene rings is 1. The lowest BCUT2D eigenvalue weighted by molar-refractivity contribution is -0.159. The number of cyclic esters (lactones) is 1. The molecule has 1 aromatic heterocycles. The van der Waals surface area contributed by atoms with Crippen LogP contribution in [0.5, 0.6) is 0 Å². The van der Waals surface area contributed by atoms with Crippen LogP contribution in [0.3, 0.4) is 0 Å². The maximum Gasteiger partial charge on any atom is 0.335 e. The van der Waals surface area contributed by atoms with Crippen molar-refractivity contribution >= 4 is 123 Å². The molecule has 1 aliphatic heterocycles. The van der Waals surface area contributed by atoms with Crippen LogP contribution < -0.4 is 75.3 Å². The van der Waals surface area contributed by atoms with Crippen LogP contribution in [0.25, 0.3) is 10.9 Å². The number of rotatable bonds is 36.